The van der Waals surface area contributed by atoms with Crippen molar-refractivity contribution in [2.75, 3.05) is 11.5 Å². The highest BCUT2D eigenvalue weighted by molar-refractivity contribution is 6.19. The third-order valence-corrected chi connectivity index (χ3v) is 4.46. The average molecular weight is 344 g/mol. The lowest BCUT2D eigenvalue weighted by Gasteiger charge is -2.14. The first-order valence-electron chi connectivity index (χ1n) is 8.38. The van der Waals surface area contributed by atoms with E-state index in [0.717, 1.165) is 17.7 Å². The first-order valence-corrected chi connectivity index (χ1v) is 8.38. The van der Waals surface area contributed by atoms with Crippen molar-refractivity contribution in [3.63, 3.8) is 0 Å². The maximum atomic E-state index is 12.0. The second kappa shape index (κ2) is 7.04. The van der Waals surface area contributed by atoms with Crippen LogP contribution in [0.3, 0.4) is 0 Å². The molecule has 1 aromatic carbocycles. The molecule has 1 aliphatic heterocycles. The number of amides is 3. The Hall–Kier alpha value is -2.70. The van der Waals surface area contributed by atoms with Crippen LogP contribution in [0.25, 0.3) is 0 Å². The van der Waals surface area contributed by atoms with Gasteiger partial charge in [-0.3, -0.25) is 19.3 Å². The standard InChI is InChI=1S/C18H20N2O5/c1-11(12-2-3-12)19-15(21)10-25-18(24)13-4-6-14(7-5-13)20-16(22)8-9-17(20)23/h4-7,11-12H,2-3,8-10H2,1H3,(H,19,21)/t11-/m1/s1. The Labute approximate surface area is 145 Å². The van der Waals surface area contributed by atoms with Gasteiger partial charge in [0.2, 0.25) is 11.8 Å². The molecule has 1 N–H and O–H groups in total. The molecule has 1 aliphatic carbocycles. The van der Waals surface area contributed by atoms with Crippen LogP contribution in [0.4, 0.5) is 5.69 Å². The van der Waals surface area contributed by atoms with Gasteiger partial charge in [-0.2, -0.15) is 0 Å². The van der Waals surface area contributed by atoms with Crippen molar-refractivity contribution in [2.45, 2.75) is 38.6 Å². The predicted octanol–water partition coefficient (Wildman–Crippen LogP) is 1.41. The van der Waals surface area contributed by atoms with Gasteiger partial charge in [0.15, 0.2) is 6.61 Å². The van der Waals surface area contributed by atoms with E-state index in [0.29, 0.717) is 11.6 Å². The molecule has 3 amide bonds. The molecule has 7 heteroatoms. The number of hydrogen-bond donors (Lipinski definition) is 1. The van der Waals surface area contributed by atoms with Crippen molar-refractivity contribution in [3.8, 4) is 0 Å². The number of imide groups is 1. The van der Waals surface area contributed by atoms with Crippen molar-refractivity contribution in [1.29, 1.82) is 0 Å². The summed E-state index contributed by atoms with van der Waals surface area (Å²) in [6.07, 6.45) is 2.65. The van der Waals surface area contributed by atoms with Crippen molar-refractivity contribution < 1.29 is 23.9 Å². The van der Waals surface area contributed by atoms with Crippen LogP contribution in [0.5, 0.6) is 0 Å². The number of carbonyl (C=O) groups is 4. The van der Waals surface area contributed by atoms with E-state index in [-0.39, 0.29) is 48.8 Å². The van der Waals surface area contributed by atoms with Gasteiger partial charge < -0.3 is 10.1 Å². The quantitative estimate of drug-likeness (QED) is 0.622. The summed E-state index contributed by atoms with van der Waals surface area (Å²) in [4.78, 5) is 48.2. The Kier molecular flexibility index (Phi) is 4.83. The second-order valence-corrected chi connectivity index (χ2v) is 6.44. The third-order valence-electron chi connectivity index (χ3n) is 4.46. The van der Waals surface area contributed by atoms with Gasteiger partial charge in [0, 0.05) is 18.9 Å². The van der Waals surface area contributed by atoms with Gasteiger partial charge in [-0.1, -0.05) is 0 Å². The minimum atomic E-state index is -0.625. The number of rotatable bonds is 6. The van der Waals surface area contributed by atoms with Crippen molar-refractivity contribution in [2.24, 2.45) is 5.92 Å². The first kappa shape index (κ1) is 17.1. The van der Waals surface area contributed by atoms with Gasteiger partial charge in [0.05, 0.1) is 11.3 Å². The molecule has 7 nitrogen and oxygen atoms in total. The molecule has 1 atom stereocenters. The lowest BCUT2D eigenvalue weighted by Crippen LogP contribution is -2.37. The highest BCUT2D eigenvalue weighted by Crippen LogP contribution is 2.32. The fourth-order valence-electron chi connectivity index (χ4n) is 2.84. The number of nitrogens with one attached hydrogen (secondary N) is 1. The van der Waals surface area contributed by atoms with Crippen LogP contribution in [-0.2, 0) is 19.1 Å². The number of nitrogens with zero attached hydrogens (tertiary/aromatic N) is 1. The normalized spacial score (nSPS) is 18.2. The van der Waals surface area contributed by atoms with Gasteiger partial charge in [0.25, 0.3) is 5.91 Å². The zero-order chi connectivity index (χ0) is 18.0. The monoisotopic (exact) mass is 344 g/mol. The minimum Gasteiger partial charge on any atom is -0.452 e. The van der Waals surface area contributed by atoms with Crippen molar-refractivity contribution >= 4 is 29.4 Å². The summed E-state index contributed by atoms with van der Waals surface area (Å²) in [5, 5.41) is 2.81. The number of benzene rings is 1. The van der Waals surface area contributed by atoms with Crippen LogP contribution in [0.1, 0.15) is 43.0 Å². The molecule has 1 aromatic rings. The van der Waals surface area contributed by atoms with E-state index in [1.807, 2.05) is 6.92 Å². The highest BCUT2D eigenvalue weighted by atomic mass is 16.5. The summed E-state index contributed by atoms with van der Waals surface area (Å²) in [6.45, 7) is 1.61. The lowest BCUT2D eigenvalue weighted by molar-refractivity contribution is -0.125. The number of anilines is 1. The van der Waals surface area contributed by atoms with Gasteiger partial charge >= 0.3 is 5.97 Å². The molecule has 25 heavy (non-hydrogen) atoms. The smallest absolute Gasteiger partial charge is 0.338 e. The maximum absolute atomic E-state index is 12.0. The van der Waals surface area contributed by atoms with E-state index >= 15 is 0 Å². The Balaban J connectivity index is 1.53. The van der Waals surface area contributed by atoms with E-state index in [4.69, 9.17) is 4.74 Å². The topological polar surface area (TPSA) is 92.8 Å². The van der Waals surface area contributed by atoms with Crippen LogP contribution >= 0.6 is 0 Å². The number of esters is 1. The third kappa shape index (κ3) is 4.04. The van der Waals surface area contributed by atoms with Gasteiger partial charge in [-0.25, -0.2) is 4.79 Å². The second-order valence-electron chi connectivity index (χ2n) is 6.44. The van der Waals surface area contributed by atoms with E-state index in [1.54, 1.807) is 0 Å². The van der Waals surface area contributed by atoms with Crippen molar-refractivity contribution in [1.82, 2.24) is 5.32 Å². The largest absolute Gasteiger partial charge is 0.452 e. The fourth-order valence-corrected chi connectivity index (χ4v) is 2.84. The summed E-state index contributed by atoms with van der Waals surface area (Å²) in [6, 6.07) is 6.09. The van der Waals surface area contributed by atoms with E-state index in [1.165, 1.54) is 24.3 Å². The Bertz CT molecular complexity index is 693. The number of hydrogen-bond acceptors (Lipinski definition) is 5. The summed E-state index contributed by atoms with van der Waals surface area (Å²) >= 11 is 0. The SMILES string of the molecule is C[C@@H](NC(=O)COC(=O)c1ccc(N2C(=O)CCC2=O)cc1)C1CC1. The van der Waals surface area contributed by atoms with E-state index < -0.39 is 5.97 Å². The molecule has 3 rings (SSSR count). The molecule has 0 aromatic heterocycles. The zero-order valence-corrected chi connectivity index (χ0v) is 14.0. The minimum absolute atomic E-state index is 0.0982. The molecule has 0 radical (unpaired) electrons. The summed E-state index contributed by atoms with van der Waals surface area (Å²) in [7, 11) is 0. The Morgan fingerprint density at radius 3 is 2.32 bits per heavy atom. The van der Waals surface area contributed by atoms with E-state index in [9.17, 15) is 19.2 Å². The zero-order valence-electron chi connectivity index (χ0n) is 14.0. The maximum Gasteiger partial charge on any atom is 0.338 e. The molecule has 0 spiro atoms. The van der Waals surface area contributed by atoms with Crippen LogP contribution < -0.4 is 10.2 Å². The summed E-state index contributed by atoms with van der Waals surface area (Å²) in [5.74, 6) is -0.913. The number of carbonyl (C=O) groups excluding carboxylic acids is 4. The van der Waals surface area contributed by atoms with Crippen LogP contribution in [-0.4, -0.2) is 36.3 Å². The Morgan fingerprint density at radius 1 is 1.16 bits per heavy atom. The molecule has 0 bridgehead atoms. The van der Waals surface area contributed by atoms with Crippen LogP contribution in [0, 0.1) is 5.92 Å². The molecule has 0 unspecified atom stereocenters. The predicted molar refractivity (Wildman–Crippen MR) is 88.8 cm³/mol. The lowest BCUT2D eigenvalue weighted by atomic mass is 10.2. The van der Waals surface area contributed by atoms with Crippen molar-refractivity contribution in [3.05, 3.63) is 29.8 Å². The first-order chi connectivity index (χ1) is 12.0. The molecule has 2 aliphatic rings. The molecule has 1 heterocycles. The molecule has 132 valence electrons. The fraction of sp³-hybridized carbons (Fsp3) is 0.444. The van der Waals surface area contributed by atoms with E-state index in [2.05, 4.69) is 5.32 Å². The summed E-state index contributed by atoms with van der Waals surface area (Å²) < 4.78 is 5.00. The number of ether oxygens (including phenoxy) is 1. The highest BCUT2D eigenvalue weighted by Gasteiger charge is 2.30. The molecule has 2 fully saturated rings. The van der Waals surface area contributed by atoms with Crippen LogP contribution in [0.2, 0.25) is 0 Å². The molecular formula is C18H20N2O5. The van der Waals surface area contributed by atoms with Gasteiger partial charge in [-0.15, -0.1) is 0 Å². The van der Waals surface area contributed by atoms with Gasteiger partial charge in [-0.05, 0) is 49.9 Å². The van der Waals surface area contributed by atoms with Gasteiger partial charge in [0.1, 0.15) is 0 Å². The average Bonchev–Trinajstić information content (AvgIpc) is 3.39. The molecular weight excluding hydrogens is 324 g/mol. The Morgan fingerprint density at radius 2 is 1.76 bits per heavy atom. The molecule has 1 saturated heterocycles. The summed E-state index contributed by atoms with van der Waals surface area (Å²) in [5.41, 5.74) is 0.686. The molecule has 1 saturated carbocycles. The van der Waals surface area contributed by atoms with Crippen LogP contribution in [0.15, 0.2) is 24.3 Å².